The predicted molar refractivity (Wildman–Crippen MR) is 68.2 cm³/mol. The standard InChI is InChI=1S/C13H16O10/c14-10(8-6-20-12(16)22-8)18-4-2-1-3-5-19-11(15)9-7-21-13(17)23-9/h8-9H,1-7H2. The fraction of sp³-hybridized carbons (Fsp3) is 0.692. The molecule has 2 aliphatic heterocycles. The van der Waals surface area contributed by atoms with E-state index in [2.05, 4.69) is 18.9 Å². The second-order valence-corrected chi connectivity index (χ2v) is 4.73. The van der Waals surface area contributed by atoms with Gasteiger partial charge in [-0.2, -0.15) is 0 Å². The number of hydrogen-bond acceptors (Lipinski definition) is 10. The van der Waals surface area contributed by atoms with E-state index in [1.165, 1.54) is 0 Å². The second-order valence-electron chi connectivity index (χ2n) is 4.73. The SMILES string of the molecule is O=C1OCC(C(=O)OCCCCCOC(=O)C2COC(=O)O2)O1. The van der Waals surface area contributed by atoms with Crippen molar-refractivity contribution >= 4 is 24.2 Å². The second kappa shape index (κ2) is 8.20. The van der Waals surface area contributed by atoms with Gasteiger partial charge in [-0.15, -0.1) is 0 Å². The van der Waals surface area contributed by atoms with Crippen LogP contribution in [0.5, 0.6) is 0 Å². The summed E-state index contributed by atoms with van der Waals surface area (Å²) < 4.78 is 27.9. The van der Waals surface area contributed by atoms with Gasteiger partial charge in [0, 0.05) is 0 Å². The van der Waals surface area contributed by atoms with Gasteiger partial charge in [-0.05, 0) is 19.3 Å². The van der Waals surface area contributed by atoms with E-state index in [4.69, 9.17) is 9.47 Å². The highest BCUT2D eigenvalue weighted by Crippen LogP contribution is 2.09. The van der Waals surface area contributed by atoms with Crippen LogP contribution in [0.4, 0.5) is 9.59 Å². The molecule has 2 fully saturated rings. The zero-order chi connectivity index (χ0) is 16.7. The molecule has 2 heterocycles. The number of rotatable bonds is 8. The minimum absolute atomic E-state index is 0.136. The molecule has 2 aliphatic rings. The van der Waals surface area contributed by atoms with E-state index >= 15 is 0 Å². The van der Waals surface area contributed by atoms with Gasteiger partial charge in [-0.1, -0.05) is 0 Å². The first-order valence-electron chi connectivity index (χ1n) is 7.06. The number of carbonyl (C=O) groups is 4. The van der Waals surface area contributed by atoms with Crippen molar-refractivity contribution in [3.05, 3.63) is 0 Å². The lowest BCUT2D eigenvalue weighted by atomic mass is 10.2. The molecular weight excluding hydrogens is 316 g/mol. The van der Waals surface area contributed by atoms with Crippen molar-refractivity contribution in [3.8, 4) is 0 Å². The van der Waals surface area contributed by atoms with Crippen LogP contribution in [-0.4, -0.2) is 62.9 Å². The van der Waals surface area contributed by atoms with Gasteiger partial charge in [0.05, 0.1) is 13.2 Å². The lowest BCUT2D eigenvalue weighted by Crippen LogP contribution is -2.26. The molecule has 0 amide bonds. The fourth-order valence-corrected chi connectivity index (χ4v) is 1.80. The summed E-state index contributed by atoms with van der Waals surface area (Å²) >= 11 is 0. The third-order valence-electron chi connectivity index (χ3n) is 2.99. The lowest BCUT2D eigenvalue weighted by Gasteiger charge is -2.08. The Bertz CT molecular complexity index is 431. The number of hydrogen-bond donors (Lipinski definition) is 0. The molecule has 0 aromatic rings. The highest BCUT2D eigenvalue weighted by molar-refractivity contribution is 5.80. The normalized spacial score (nSPS) is 22.6. The molecule has 23 heavy (non-hydrogen) atoms. The smallest absolute Gasteiger partial charge is 0.463 e. The van der Waals surface area contributed by atoms with Crippen LogP contribution in [0.15, 0.2) is 0 Å². The largest absolute Gasteiger partial charge is 0.509 e. The Morgan fingerprint density at radius 3 is 1.61 bits per heavy atom. The summed E-state index contributed by atoms with van der Waals surface area (Å²) in [5.74, 6) is -1.30. The van der Waals surface area contributed by atoms with Crippen molar-refractivity contribution in [3.63, 3.8) is 0 Å². The van der Waals surface area contributed by atoms with Gasteiger partial charge in [0.1, 0.15) is 13.2 Å². The molecule has 0 aliphatic carbocycles. The zero-order valence-electron chi connectivity index (χ0n) is 12.2. The van der Waals surface area contributed by atoms with E-state index in [0.717, 1.165) is 0 Å². The average Bonchev–Trinajstić information content (AvgIpc) is 3.14. The van der Waals surface area contributed by atoms with Gasteiger partial charge in [0.2, 0.25) is 12.2 Å². The minimum Gasteiger partial charge on any atom is -0.463 e. The Morgan fingerprint density at radius 2 is 1.26 bits per heavy atom. The summed E-state index contributed by atoms with van der Waals surface area (Å²) in [7, 11) is 0. The molecule has 0 saturated carbocycles. The number of carbonyl (C=O) groups excluding carboxylic acids is 4. The number of esters is 2. The maximum absolute atomic E-state index is 11.4. The third kappa shape index (κ3) is 5.31. The summed E-state index contributed by atoms with van der Waals surface area (Å²) in [6, 6.07) is 0. The van der Waals surface area contributed by atoms with Crippen molar-refractivity contribution in [1.82, 2.24) is 0 Å². The highest BCUT2D eigenvalue weighted by Gasteiger charge is 2.33. The molecule has 0 aromatic heterocycles. The topological polar surface area (TPSA) is 124 Å². The van der Waals surface area contributed by atoms with Gasteiger partial charge in [-0.25, -0.2) is 19.2 Å². The first kappa shape index (κ1) is 16.8. The number of unbranched alkanes of at least 4 members (excludes halogenated alkanes) is 2. The Labute approximate surface area is 130 Å². The van der Waals surface area contributed by atoms with Crippen molar-refractivity contribution in [2.24, 2.45) is 0 Å². The molecular formula is C13H16O10. The highest BCUT2D eigenvalue weighted by atomic mass is 16.8. The quantitative estimate of drug-likeness (QED) is 0.348. The van der Waals surface area contributed by atoms with Crippen LogP contribution in [0, 0.1) is 0 Å². The molecule has 0 N–H and O–H groups in total. The molecule has 10 nitrogen and oxygen atoms in total. The first-order valence-corrected chi connectivity index (χ1v) is 7.06. The van der Waals surface area contributed by atoms with E-state index in [1.54, 1.807) is 0 Å². The third-order valence-corrected chi connectivity index (χ3v) is 2.99. The Kier molecular flexibility index (Phi) is 6.01. The molecule has 2 saturated heterocycles. The Morgan fingerprint density at radius 1 is 0.826 bits per heavy atom. The van der Waals surface area contributed by atoms with Crippen LogP contribution in [0.2, 0.25) is 0 Å². The van der Waals surface area contributed by atoms with Gasteiger partial charge in [0.25, 0.3) is 0 Å². The number of cyclic esters (lactones) is 4. The molecule has 0 spiro atoms. The molecule has 0 aromatic carbocycles. The van der Waals surface area contributed by atoms with Crippen molar-refractivity contribution in [1.29, 1.82) is 0 Å². The molecule has 0 bridgehead atoms. The van der Waals surface area contributed by atoms with Crippen LogP contribution in [-0.2, 0) is 38.0 Å². The zero-order valence-corrected chi connectivity index (χ0v) is 12.2. The van der Waals surface area contributed by atoms with E-state index < -0.39 is 36.5 Å². The van der Waals surface area contributed by atoms with Crippen LogP contribution < -0.4 is 0 Å². The van der Waals surface area contributed by atoms with E-state index in [-0.39, 0.29) is 26.4 Å². The fourth-order valence-electron chi connectivity index (χ4n) is 1.80. The predicted octanol–water partition coefficient (Wildman–Crippen LogP) is 0.314. The molecule has 10 heteroatoms. The average molecular weight is 332 g/mol. The van der Waals surface area contributed by atoms with Crippen LogP contribution in [0.3, 0.4) is 0 Å². The van der Waals surface area contributed by atoms with Gasteiger partial charge in [0.15, 0.2) is 0 Å². The lowest BCUT2D eigenvalue weighted by molar-refractivity contribution is -0.151. The van der Waals surface area contributed by atoms with Gasteiger partial charge < -0.3 is 28.4 Å². The summed E-state index contributed by atoms with van der Waals surface area (Å²) in [6.45, 7) is 0.0516. The summed E-state index contributed by atoms with van der Waals surface area (Å²) in [5.41, 5.74) is 0. The van der Waals surface area contributed by atoms with Crippen LogP contribution in [0.1, 0.15) is 19.3 Å². The molecule has 2 atom stereocenters. The minimum atomic E-state index is -1.00. The molecule has 128 valence electrons. The van der Waals surface area contributed by atoms with Gasteiger partial charge >= 0.3 is 24.2 Å². The van der Waals surface area contributed by atoms with E-state index in [1.807, 2.05) is 0 Å². The Balaban J connectivity index is 1.45. The van der Waals surface area contributed by atoms with Crippen LogP contribution >= 0.6 is 0 Å². The van der Waals surface area contributed by atoms with Crippen molar-refractivity contribution in [2.75, 3.05) is 26.4 Å². The Hall–Kier alpha value is -2.52. The van der Waals surface area contributed by atoms with Crippen molar-refractivity contribution < 1.29 is 47.6 Å². The monoisotopic (exact) mass is 332 g/mol. The molecule has 0 radical (unpaired) electrons. The summed E-state index contributed by atoms with van der Waals surface area (Å²) in [6.07, 6.45) is -1.99. The molecule has 2 unspecified atom stereocenters. The number of ether oxygens (including phenoxy) is 6. The van der Waals surface area contributed by atoms with E-state index in [9.17, 15) is 19.2 Å². The molecule has 2 rings (SSSR count). The maximum Gasteiger partial charge on any atom is 0.509 e. The summed E-state index contributed by atoms with van der Waals surface area (Å²) in [4.78, 5) is 44.2. The first-order chi connectivity index (χ1) is 11.1. The summed E-state index contributed by atoms with van der Waals surface area (Å²) in [5, 5.41) is 0. The van der Waals surface area contributed by atoms with Crippen LogP contribution in [0.25, 0.3) is 0 Å². The maximum atomic E-state index is 11.4. The van der Waals surface area contributed by atoms with Crippen molar-refractivity contribution in [2.45, 2.75) is 31.5 Å². The van der Waals surface area contributed by atoms with Gasteiger partial charge in [-0.3, -0.25) is 0 Å². The van der Waals surface area contributed by atoms with E-state index in [0.29, 0.717) is 19.3 Å².